The summed E-state index contributed by atoms with van der Waals surface area (Å²) in [7, 11) is 0. The van der Waals surface area contributed by atoms with Crippen LogP contribution in [-0.4, -0.2) is 15.5 Å². The molecule has 2 aromatic heterocycles. The number of hydrogen-bond donors (Lipinski definition) is 1. The van der Waals surface area contributed by atoms with Gasteiger partial charge in [0.15, 0.2) is 5.13 Å². The Labute approximate surface area is 135 Å². The highest BCUT2D eigenvalue weighted by atomic mass is 35.5. The number of nitrogens with zero attached hydrogens (tertiary/aromatic N) is 2. The van der Waals surface area contributed by atoms with Crippen LogP contribution in [0.2, 0.25) is 5.02 Å². The van der Waals surface area contributed by atoms with Crippen LogP contribution >= 0.6 is 22.9 Å². The molecule has 0 fully saturated rings. The number of benzene rings is 1. The molecule has 0 aliphatic rings. The lowest BCUT2D eigenvalue weighted by molar-refractivity contribution is -0.115. The molecule has 1 amide bonds. The Hall–Kier alpha value is -2.18. The number of rotatable bonds is 4. The van der Waals surface area contributed by atoms with Crippen molar-refractivity contribution in [1.29, 1.82) is 0 Å². The molecule has 2 heterocycles. The zero-order chi connectivity index (χ0) is 15.5. The molecule has 0 saturated carbocycles. The number of amides is 1. The average molecular weight is 336 g/mol. The Bertz CT molecular complexity index is 801. The molecule has 3 rings (SSSR count). The van der Waals surface area contributed by atoms with E-state index >= 15 is 0 Å². The first-order chi connectivity index (χ1) is 10.6. The van der Waals surface area contributed by atoms with E-state index in [2.05, 4.69) is 10.3 Å². The molecule has 1 N–H and O–H groups in total. The van der Waals surface area contributed by atoms with Gasteiger partial charge in [0.1, 0.15) is 5.82 Å². The van der Waals surface area contributed by atoms with Crippen molar-refractivity contribution >= 4 is 34.5 Å². The first-order valence-corrected chi connectivity index (χ1v) is 7.70. The third-order valence-corrected chi connectivity index (χ3v) is 4.10. The van der Waals surface area contributed by atoms with Gasteiger partial charge in [0.2, 0.25) is 5.91 Å². The van der Waals surface area contributed by atoms with Crippen LogP contribution in [0.4, 0.5) is 10.1 Å². The Morgan fingerprint density at radius 2 is 2.14 bits per heavy atom. The molecule has 112 valence electrons. The summed E-state index contributed by atoms with van der Waals surface area (Å²) in [5.74, 6) is -0.748. The third kappa shape index (κ3) is 3.35. The van der Waals surface area contributed by atoms with Crippen molar-refractivity contribution in [3.8, 4) is 5.13 Å². The van der Waals surface area contributed by atoms with E-state index in [0.29, 0.717) is 11.4 Å². The minimum Gasteiger partial charge on any atom is -0.326 e. The van der Waals surface area contributed by atoms with Gasteiger partial charge in [0.05, 0.1) is 17.1 Å². The van der Waals surface area contributed by atoms with E-state index < -0.39 is 5.82 Å². The van der Waals surface area contributed by atoms with Gasteiger partial charge in [-0.2, -0.15) is 0 Å². The first-order valence-electron chi connectivity index (χ1n) is 6.44. The van der Waals surface area contributed by atoms with Crippen LogP contribution in [0.3, 0.4) is 0 Å². The molecular weight excluding hydrogens is 325 g/mol. The normalized spacial score (nSPS) is 10.6. The topological polar surface area (TPSA) is 46.9 Å². The van der Waals surface area contributed by atoms with E-state index in [1.54, 1.807) is 0 Å². The van der Waals surface area contributed by atoms with Gasteiger partial charge in [-0.1, -0.05) is 11.6 Å². The fraction of sp³-hybridized carbons (Fsp3) is 0.0667. The summed E-state index contributed by atoms with van der Waals surface area (Å²) in [5, 5.41) is 5.29. The summed E-state index contributed by atoms with van der Waals surface area (Å²) in [4.78, 5) is 16.4. The average Bonchev–Trinajstić information content (AvgIpc) is 3.13. The molecule has 0 aliphatic heterocycles. The standard InChI is InChI=1S/C15H11ClFN3OS/c16-12-7-10(3-4-13(12)17)18-14(21)8-11-9-22-15(19-11)20-5-1-2-6-20/h1-7,9H,8H2,(H,18,21). The van der Waals surface area contributed by atoms with Crippen LogP contribution in [-0.2, 0) is 11.2 Å². The lowest BCUT2D eigenvalue weighted by Crippen LogP contribution is -2.14. The van der Waals surface area contributed by atoms with E-state index in [4.69, 9.17) is 11.6 Å². The molecule has 0 aliphatic carbocycles. The van der Waals surface area contributed by atoms with Crippen LogP contribution < -0.4 is 5.32 Å². The zero-order valence-electron chi connectivity index (χ0n) is 11.3. The van der Waals surface area contributed by atoms with Gasteiger partial charge < -0.3 is 9.88 Å². The highest BCUT2D eigenvalue weighted by molar-refractivity contribution is 7.12. The second-order valence-electron chi connectivity index (χ2n) is 4.57. The van der Waals surface area contributed by atoms with Gasteiger partial charge >= 0.3 is 0 Å². The van der Waals surface area contributed by atoms with E-state index in [-0.39, 0.29) is 17.4 Å². The molecule has 1 aromatic carbocycles. The summed E-state index contributed by atoms with van der Waals surface area (Å²) >= 11 is 7.14. The lowest BCUT2D eigenvalue weighted by Gasteiger charge is -2.04. The Balaban J connectivity index is 1.65. The summed E-state index contributed by atoms with van der Waals surface area (Å²) in [6.45, 7) is 0. The van der Waals surface area contributed by atoms with Gasteiger partial charge in [-0.3, -0.25) is 4.79 Å². The summed E-state index contributed by atoms with van der Waals surface area (Å²) < 4.78 is 14.9. The lowest BCUT2D eigenvalue weighted by atomic mass is 10.2. The molecule has 0 bridgehead atoms. The number of thiazole rings is 1. The molecular formula is C15H11ClFN3OS. The monoisotopic (exact) mass is 335 g/mol. The highest BCUT2D eigenvalue weighted by Gasteiger charge is 2.10. The Morgan fingerprint density at radius 1 is 1.36 bits per heavy atom. The molecule has 0 unspecified atom stereocenters. The van der Waals surface area contributed by atoms with Crippen molar-refractivity contribution < 1.29 is 9.18 Å². The molecule has 22 heavy (non-hydrogen) atoms. The molecule has 3 aromatic rings. The van der Waals surface area contributed by atoms with E-state index in [9.17, 15) is 9.18 Å². The molecule has 0 atom stereocenters. The van der Waals surface area contributed by atoms with Crippen LogP contribution in [0.5, 0.6) is 0 Å². The SMILES string of the molecule is O=C(Cc1csc(-n2cccc2)n1)Nc1ccc(F)c(Cl)c1. The molecule has 7 heteroatoms. The van der Waals surface area contributed by atoms with E-state index in [1.807, 2.05) is 34.5 Å². The van der Waals surface area contributed by atoms with Crippen LogP contribution in [0, 0.1) is 5.82 Å². The van der Waals surface area contributed by atoms with Crippen LogP contribution in [0.15, 0.2) is 48.1 Å². The van der Waals surface area contributed by atoms with Crippen molar-refractivity contribution in [1.82, 2.24) is 9.55 Å². The first kappa shape index (κ1) is 14.7. The summed E-state index contributed by atoms with van der Waals surface area (Å²) in [6, 6.07) is 7.87. The zero-order valence-corrected chi connectivity index (χ0v) is 12.9. The minimum atomic E-state index is -0.518. The van der Waals surface area contributed by atoms with E-state index in [1.165, 1.54) is 29.5 Å². The van der Waals surface area contributed by atoms with Crippen molar-refractivity contribution in [3.63, 3.8) is 0 Å². The second-order valence-corrected chi connectivity index (χ2v) is 5.81. The van der Waals surface area contributed by atoms with Gasteiger partial charge in [-0.05, 0) is 30.3 Å². The van der Waals surface area contributed by atoms with Crippen LogP contribution in [0.1, 0.15) is 5.69 Å². The smallest absolute Gasteiger partial charge is 0.230 e. The third-order valence-electron chi connectivity index (χ3n) is 2.91. The maximum atomic E-state index is 13.1. The number of carbonyl (C=O) groups excluding carboxylic acids is 1. The predicted octanol–water partition coefficient (Wildman–Crippen LogP) is 3.91. The number of halogens is 2. The van der Waals surface area contributed by atoms with Crippen LogP contribution in [0.25, 0.3) is 5.13 Å². The van der Waals surface area contributed by atoms with Gasteiger partial charge in [0.25, 0.3) is 0 Å². The fourth-order valence-electron chi connectivity index (χ4n) is 1.90. The quantitative estimate of drug-likeness (QED) is 0.785. The van der Waals surface area contributed by atoms with Crippen molar-refractivity contribution in [2.75, 3.05) is 5.32 Å². The predicted molar refractivity (Wildman–Crippen MR) is 85.2 cm³/mol. The van der Waals surface area contributed by atoms with Crippen molar-refractivity contribution in [2.45, 2.75) is 6.42 Å². The maximum absolute atomic E-state index is 13.1. The Morgan fingerprint density at radius 3 is 2.86 bits per heavy atom. The largest absolute Gasteiger partial charge is 0.326 e. The Kier molecular flexibility index (Phi) is 4.22. The summed E-state index contributed by atoms with van der Waals surface area (Å²) in [6.07, 6.45) is 3.93. The minimum absolute atomic E-state index is 0.0265. The highest BCUT2D eigenvalue weighted by Crippen LogP contribution is 2.20. The fourth-order valence-corrected chi connectivity index (χ4v) is 2.87. The van der Waals surface area contributed by atoms with E-state index in [0.717, 1.165) is 5.13 Å². The number of anilines is 1. The number of hydrogen-bond acceptors (Lipinski definition) is 3. The number of carbonyl (C=O) groups is 1. The van der Waals surface area contributed by atoms with Gasteiger partial charge in [0, 0.05) is 23.5 Å². The second kappa shape index (κ2) is 6.29. The molecule has 0 radical (unpaired) electrons. The van der Waals surface area contributed by atoms with Gasteiger partial charge in [-0.25, -0.2) is 9.37 Å². The maximum Gasteiger partial charge on any atom is 0.230 e. The molecule has 0 spiro atoms. The molecule has 4 nitrogen and oxygen atoms in total. The van der Waals surface area contributed by atoms with Crippen molar-refractivity contribution in [3.05, 3.63) is 64.6 Å². The number of nitrogens with one attached hydrogen (secondary N) is 1. The molecule has 0 saturated heterocycles. The van der Waals surface area contributed by atoms with Gasteiger partial charge in [-0.15, -0.1) is 11.3 Å². The summed E-state index contributed by atoms with van der Waals surface area (Å²) in [5.41, 5.74) is 1.14. The number of aromatic nitrogens is 2. The van der Waals surface area contributed by atoms with Crippen molar-refractivity contribution in [2.24, 2.45) is 0 Å².